The predicted molar refractivity (Wildman–Crippen MR) is 126 cm³/mol. The van der Waals surface area contributed by atoms with E-state index in [2.05, 4.69) is 11.4 Å². The minimum Gasteiger partial charge on any atom is -0.483 e. The second kappa shape index (κ2) is 10.2. The number of hydrogen-bond donors (Lipinski definition) is 1. The first-order valence-corrected chi connectivity index (χ1v) is 10.8. The number of nitrogens with zero attached hydrogens (tertiary/aromatic N) is 1. The van der Waals surface area contributed by atoms with Crippen molar-refractivity contribution < 1.29 is 14.3 Å². The smallest absolute Gasteiger partial charge is 0.261 e. The Labute approximate surface area is 190 Å². The van der Waals surface area contributed by atoms with Crippen molar-refractivity contribution in [3.05, 3.63) is 63.7 Å². The van der Waals surface area contributed by atoms with Crippen LogP contribution in [0.3, 0.4) is 0 Å². The molecule has 1 atom stereocenters. The van der Waals surface area contributed by atoms with E-state index in [1.807, 2.05) is 59.7 Å². The summed E-state index contributed by atoms with van der Waals surface area (Å²) in [6.07, 6.45) is 0. The first-order valence-electron chi connectivity index (χ1n) is 10.4. The Morgan fingerprint density at radius 3 is 2.42 bits per heavy atom. The van der Waals surface area contributed by atoms with E-state index in [9.17, 15) is 9.59 Å². The lowest BCUT2D eigenvalue weighted by atomic mass is 10.1. The summed E-state index contributed by atoms with van der Waals surface area (Å²) in [7, 11) is 0. The van der Waals surface area contributed by atoms with Crippen molar-refractivity contribution in [2.75, 3.05) is 6.61 Å². The monoisotopic (exact) mass is 444 g/mol. The molecule has 0 aromatic heterocycles. The van der Waals surface area contributed by atoms with Crippen LogP contribution in [0.2, 0.25) is 5.02 Å². The topological polar surface area (TPSA) is 58.6 Å². The van der Waals surface area contributed by atoms with Crippen LogP contribution in [0.15, 0.2) is 36.4 Å². The van der Waals surface area contributed by atoms with E-state index in [0.717, 1.165) is 22.3 Å². The first-order chi connectivity index (χ1) is 14.4. The molecule has 0 bridgehead atoms. The third-order valence-corrected chi connectivity index (χ3v) is 5.26. The van der Waals surface area contributed by atoms with Crippen molar-refractivity contribution in [1.82, 2.24) is 10.2 Å². The van der Waals surface area contributed by atoms with Crippen LogP contribution >= 0.6 is 11.6 Å². The quantitative estimate of drug-likeness (QED) is 0.655. The summed E-state index contributed by atoms with van der Waals surface area (Å²) in [5.41, 5.74) is 3.62. The average molecular weight is 445 g/mol. The Hall–Kier alpha value is -2.53. The van der Waals surface area contributed by atoms with Gasteiger partial charge in [-0.25, -0.2) is 0 Å². The van der Waals surface area contributed by atoms with Gasteiger partial charge in [-0.1, -0.05) is 29.8 Å². The molecule has 2 aromatic carbocycles. The van der Waals surface area contributed by atoms with E-state index >= 15 is 0 Å². The molecule has 0 fully saturated rings. The lowest BCUT2D eigenvalue weighted by Gasteiger charge is -2.31. The molecule has 168 valence electrons. The van der Waals surface area contributed by atoms with Crippen LogP contribution in [0, 0.1) is 20.8 Å². The fourth-order valence-electron chi connectivity index (χ4n) is 3.26. The number of rotatable bonds is 7. The number of amides is 2. The van der Waals surface area contributed by atoms with Gasteiger partial charge in [0.05, 0.1) is 0 Å². The number of ether oxygens (including phenoxy) is 1. The van der Waals surface area contributed by atoms with E-state index < -0.39 is 11.6 Å². The molecule has 0 spiro atoms. The molecule has 0 saturated carbocycles. The number of hydrogen-bond acceptors (Lipinski definition) is 3. The molecule has 2 aromatic rings. The second-order valence-electron chi connectivity index (χ2n) is 9.06. The van der Waals surface area contributed by atoms with Crippen LogP contribution in [0.4, 0.5) is 0 Å². The van der Waals surface area contributed by atoms with Gasteiger partial charge in [-0.05, 0) is 88.9 Å². The van der Waals surface area contributed by atoms with Gasteiger partial charge >= 0.3 is 0 Å². The number of benzene rings is 2. The molecule has 0 aliphatic carbocycles. The molecule has 0 unspecified atom stereocenters. The average Bonchev–Trinajstić information content (AvgIpc) is 2.65. The molecule has 0 radical (unpaired) electrons. The number of carbonyl (C=O) groups is 2. The zero-order valence-corrected chi connectivity index (χ0v) is 20.3. The highest BCUT2D eigenvalue weighted by atomic mass is 35.5. The van der Waals surface area contributed by atoms with Crippen LogP contribution in [0.1, 0.15) is 49.9 Å². The van der Waals surface area contributed by atoms with Crippen LogP contribution in [0.25, 0.3) is 0 Å². The SMILES string of the molecule is Cc1cc(C)c(C)c(OCC(=O)N(Cc2cccc(Cl)c2)[C@H](C)C(=O)NC(C)(C)C)c1. The summed E-state index contributed by atoms with van der Waals surface area (Å²) >= 11 is 6.12. The van der Waals surface area contributed by atoms with Gasteiger partial charge in [-0.3, -0.25) is 9.59 Å². The van der Waals surface area contributed by atoms with Gasteiger partial charge in [0.2, 0.25) is 5.91 Å². The fourth-order valence-corrected chi connectivity index (χ4v) is 3.47. The normalized spacial score (nSPS) is 12.3. The summed E-state index contributed by atoms with van der Waals surface area (Å²) < 4.78 is 5.88. The highest BCUT2D eigenvalue weighted by molar-refractivity contribution is 6.30. The van der Waals surface area contributed by atoms with E-state index in [0.29, 0.717) is 10.8 Å². The van der Waals surface area contributed by atoms with Gasteiger partial charge in [-0.15, -0.1) is 0 Å². The number of carbonyl (C=O) groups excluding carboxylic acids is 2. The van der Waals surface area contributed by atoms with Crippen LogP contribution < -0.4 is 10.1 Å². The van der Waals surface area contributed by atoms with Gasteiger partial charge in [0.15, 0.2) is 6.61 Å². The summed E-state index contributed by atoms with van der Waals surface area (Å²) in [5, 5.41) is 3.53. The Kier molecular flexibility index (Phi) is 8.13. The fraction of sp³-hybridized carbons (Fsp3) is 0.440. The van der Waals surface area contributed by atoms with Gasteiger partial charge < -0.3 is 15.0 Å². The third-order valence-electron chi connectivity index (χ3n) is 5.02. The number of aryl methyl sites for hydroxylation is 2. The first kappa shape index (κ1) is 24.7. The summed E-state index contributed by atoms with van der Waals surface area (Å²) in [4.78, 5) is 27.5. The van der Waals surface area contributed by atoms with Gasteiger partial charge in [0, 0.05) is 17.1 Å². The van der Waals surface area contributed by atoms with E-state index in [1.54, 1.807) is 19.1 Å². The Morgan fingerprint density at radius 2 is 1.81 bits per heavy atom. The van der Waals surface area contributed by atoms with Crippen LogP contribution in [-0.4, -0.2) is 34.9 Å². The van der Waals surface area contributed by atoms with E-state index in [-0.39, 0.29) is 25.0 Å². The third kappa shape index (κ3) is 7.28. The second-order valence-corrected chi connectivity index (χ2v) is 9.50. The highest BCUT2D eigenvalue weighted by Gasteiger charge is 2.28. The minimum atomic E-state index is -0.672. The molecule has 0 aliphatic rings. The van der Waals surface area contributed by atoms with Gasteiger partial charge in [0.1, 0.15) is 11.8 Å². The molecule has 5 nitrogen and oxygen atoms in total. The molecule has 31 heavy (non-hydrogen) atoms. The zero-order chi connectivity index (χ0) is 23.3. The van der Waals surface area contributed by atoms with Gasteiger partial charge in [-0.2, -0.15) is 0 Å². The van der Waals surface area contributed by atoms with Crippen molar-refractivity contribution in [1.29, 1.82) is 0 Å². The summed E-state index contributed by atoms with van der Waals surface area (Å²) in [6.45, 7) is 13.5. The maximum absolute atomic E-state index is 13.2. The van der Waals surface area contributed by atoms with Crippen molar-refractivity contribution in [3.63, 3.8) is 0 Å². The lowest BCUT2D eigenvalue weighted by Crippen LogP contribution is -2.53. The highest BCUT2D eigenvalue weighted by Crippen LogP contribution is 2.23. The van der Waals surface area contributed by atoms with Gasteiger partial charge in [0.25, 0.3) is 5.91 Å². The molecule has 1 N–H and O–H groups in total. The van der Waals surface area contributed by atoms with Crippen molar-refractivity contribution in [2.24, 2.45) is 0 Å². The molecule has 2 rings (SSSR count). The number of nitrogens with one attached hydrogen (secondary N) is 1. The largest absolute Gasteiger partial charge is 0.483 e. The molecule has 6 heteroatoms. The molecule has 0 heterocycles. The summed E-state index contributed by atoms with van der Waals surface area (Å²) in [6, 6.07) is 10.6. The number of halogens is 1. The van der Waals surface area contributed by atoms with E-state index in [4.69, 9.17) is 16.3 Å². The Morgan fingerprint density at radius 1 is 1.13 bits per heavy atom. The van der Waals surface area contributed by atoms with Crippen LogP contribution in [0.5, 0.6) is 5.75 Å². The molecular weight excluding hydrogens is 412 g/mol. The molecular formula is C25H33ClN2O3. The zero-order valence-electron chi connectivity index (χ0n) is 19.5. The molecule has 2 amide bonds. The molecule has 0 saturated heterocycles. The maximum Gasteiger partial charge on any atom is 0.261 e. The lowest BCUT2D eigenvalue weighted by molar-refractivity contribution is -0.142. The Bertz CT molecular complexity index is 950. The van der Waals surface area contributed by atoms with Crippen molar-refractivity contribution >= 4 is 23.4 Å². The van der Waals surface area contributed by atoms with Crippen molar-refractivity contribution in [2.45, 2.75) is 66.6 Å². The molecule has 0 aliphatic heterocycles. The maximum atomic E-state index is 13.2. The standard InChI is InChI=1S/C25H33ClN2O3/c1-16-11-17(2)18(3)22(12-16)31-15-23(29)28(14-20-9-8-10-21(26)13-20)19(4)24(30)27-25(5,6)7/h8-13,19H,14-15H2,1-7H3,(H,27,30)/t19-/m1/s1. The summed E-state index contributed by atoms with van der Waals surface area (Å²) in [5.74, 6) is 0.195. The van der Waals surface area contributed by atoms with Crippen LogP contribution in [-0.2, 0) is 16.1 Å². The minimum absolute atomic E-state index is 0.155. The predicted octanol–water partition coefficient (Wildman–Crippen LogP) is 4.98. The Balaban J connectivity index is 2.24. The van der Waals surface area contributed by atoms with Crippen molar-refractivity contribution in [3.8, 4) is 5.75 Å². The van der Waals surface area contributed by atoms with E-state index in [1.165, 1.54) is 4.90 Å².